The Morgan fingerprint density at radius 2 is 2.05 bits per heavy atom. The smallest absolute Gasteiger partial charge is 0.168 e. The van der Waals surface area contributed by atoms with E-state index in [1.165, 1.54) is 0 Å². The molecule has 0 radical (unpaired) electrons. The number of nitrogens with one attached hydrogen (secondary N) is 1. The number of hydrogen-bond acceptors (Lipinski definition) is 5. The minimum absolute atomic E-state index is 0.00433. The van der Waals surface area contributed by atoms with E-state index in [0.29, 0.717) is 25.0 Å². The first-order valence-electron chi connectivity index (χ1n) is 7.36. The summed E-state index contributed by atoms with van der Waals surface area (Å²) in [7, 11) is 0. The molecule has 2 aliphatic rings. The molecule has 2 N–H and O–H groups in total. The van der Waals surface area contributed by atoms with E-state index in [0.717, 1.165) is 32.7 Å². The predicted octanol–water partition coefficient (Wildman–Crippen LogP) is 1.16. The molecule has 0 aromatic rings. The van der Waals surface area contributed by atoms with Crippen molar-refractivity contribution in [2.24, 2.45) is 10.4 Å². The number of allylic oxidation sites excluding steroid dienone is 2. The van der Waals surface area contributed by atoms with Crippen LogP contribution in [0.2, 0.25) is 0 Å². The second-order valence-corrected chi connectivity index (χ2v) is 6.43. The lowest BCUT2D eigenvalue weighted by atomic mass is 9.77. The van der Waals surface area contributed by atoms with Gasteiger partial charge in [-0.15, -0.1) is 0 Å². The normalized spacial score (nSPS) is 24.6. The van der Waals surface area contributed by atoms with Gasteiger partial charge in [0, 0.05) is 51.8 Å². The van der Waals surface area contributed by atoms with Crippen molar-refractivity contribution in [1.82, 2.24) is 10.2 Å². The Bertz CT molecular complexity index is 421. The van der Waals surface area contributed by atoms with E-state index in [9.17, 15) is 9.90 Å². The summed E-state index contributed by atoms with van der Waals surface area (Å²) in [6, 6.07) is 0. The van der Waals surface area contributed by atoms with E-state index < -0.39 is 0 Å². The average Bonchev–Trinajstić information content (AvgIpc) is 2.37. The van der Waals surface area contributed by atoms with Gasteiger partial charge in [-0.05, 0) is 5.41 Å². The number of aliphatic imine (C=N–C) groups is 1. The van der Waals surface area contributed by atoms with E-state index in [2.05, 4.69) is 15.2 Å². The van der Waals surface area contributed by atoms with Crippen LogP contribution in [0.15, 0.2) is 16.3 Å². The van der Waals surface area contributed by atoms with Crippen molar-refractivity contribution in [1.29, 1.82) is 0 Å². The van der Waals surface area contributed by atoms with Crippen LogP contribution in [0.25, 0.3) is 0 Å². The molecule has 0 unspecified atom stereocenters. The average molecular weight is 279 g/mol. The molecule has 1 saturated heterocycles. The molecule has 20 heavy (non-hydrogen) atoms. The zero-order chi connectivity index (χ0) is 14.6. The molecule has 0 atom stereocenters. The van der Waals surface area contributed by atoms with Crippen molar-refractivity contribution in [3.05, 3.63) is 11.3 Å². The first kappa shape index (κ1) is 15.2. The van der Waals surface area contributed by atoms with Gasteiger partial charge in [0.25, 0.3) is 0 Å². The Balaban J connectivity index is 1.85. The fourth-order valence-corrected chi connectivity index (χ4v) is 2.74. The van der Waals surface area contributed by atoms with Crippen molar-refractivity contribution in [3.8, 4) is 0 Å². The molecule has 0 spiro atoms. The molecule has 0 saturated carbocycles. The maximum Gasteiger partial charge on any atom is 0.168 e. The molecule has 1 fully saturated rings. The van der Waals surface area contributed by atoms with Gasteiger partial charge in [-0.1, -0.05) is 13.8 Å². The highest BCUT2D eigenvalue weighted by molar-refractivity contribution is 6.14. The van der Waals surface area contributed by atoms with Crippen molar-refractivity contribution in [2.45, 2.75) is 26.7 Å². The number of aliphatic hydroxyl groups excluding tert-OH is 1. The molecule has 0 amide bonds. The molecule has 1 aliphatic heterocycles. The summed E-state index contributed by atoms with van der Waals surface area (Å²) in [5.74, 6) is 0.196. The highest BCUT2D eigenvalue weighted by Crippen LogP contribution is 2.35. The standard InChI is InChI=1S/C15H25N3O2/c1-15(2)9-13(19)12(14(20)10-15)11-17-5-8-18-6-3-16-4-7-18/h11,16,19H,3-10H2,1-2H3. The quantitative estimate of drug-likeness (QED) is 0.758. The number of nitrogens with zero attached hydrogens (tertiary/aromatic N) is 2. The summed E-state index contributed by atoms with van der Waals surface area (Å²) in [6.07, 6.45) is 2.60. The zero-order valence-corrected chi connectivity index (χ0v) is 12.5. The van der Waals surface area contributed by atoms with E-state index in [1.807, 2.05) is 13.8 Å². The predicted molar refractivity (Wildman–Crippen MR) is 80.3 cm³/mol. The zero-order valence-electron chi connectivity index (χ0n) is 12.5. The molecule has 5 nitrogen and oxygen atoms in total. The Morgan fingerprint density at radius 3 is 2.70 bits per heavy atom. The van der Waals surface area contributed by atoms with E-state index in [1.54, 1.807) is 6.21 Å². The minimum Gasteiger partial charge on any atom is -0.511 e. The van der Waals surface area contributed by atoms with E-state index in [4.69, 9.17) is 0 Å². The maximum absolute atomic E-state index is 12.0. The second-order valence-electron chi connectivity index (χ2n) is 6.43. The Kier molecular flexibility index (Phi) is 4.94. The topological polar surface area (TPSA) is 64.9 Å². The van der Waals surface area contributed by atoms with Crippen LogP contribution in [0.3, 0.4) is 0 Å². The maximum atomic E-state index is 12.0. The SMILES string of the molecule is CC1(C)CC(=O)C(C=NCCN2CCNCC2)=C(O)C1. The van der Waals surface area contributed by atoms with Gasteiger partial charge in [0.05, 0.1) is 12.1 Å². The van der Waals surface area contributed by atoms with Crippen LogP contribution < -0.4 is 5.32 Å². The highest BCUT2D eigenvalue weighted by Gasteiger charge is 2.32. The summed E-state index contributed by atoms with van der Waals surface area (Å²) >= 11 is 0. The fourth-order valence-electron chi connectivity index (χ4n) is 2.74. The van der Waals surface area contributed by atoms with Crippen molar-refractivity contribution < 1.29 is 9.90 Å². The second kappa shape index (κ2) is 6.50. The molecule has 0 aromatic heterocycles. The number of ketones is 1. The van der Waals surface area contributed by atoms with Crippen LogP contribution in [0.5, 0.6) is 0 Å². The summed E-state index contributed by atoms with van der Waals surface area (Å²) in [5, 5.41) is 13.3. The molecular weight excluding hydrogens is 254 g/mol. The molecule has 5 heteroatoms. The summed E-state index contributed by atoms with van der Waals surface area (Å²) in [4.78, 5) is 18.7. The van der Waals surface area contributed by atoms with Gasteiger partial charge in [-0.3, -0.25) is 14.7 Å². The lowest BCUT2D eigenvalue weighted by Crippen LogP contribution is -2.44. The Morgan fingerprint density at radius 1 is 1.35 bits per heavy atom. The third kappa shape index (κ3) is 4.15. The lowest BCUT2D eigenvalue weighted by Gasteiger charge is -2.28. The summed E-state index contributed by atoms with van der Waals surface area (Å²) < 4.78 is 0. The highest BCUT2D eigenvalue weighted by atomic mass is 16.3. The van der Waals surface area contributed by atoms with Crippen molar-refractivity contribution >= 4 is 12.0 Å². The number of aliphatic hydroxyl groups is 1. The number of Topliss-reactive ketones (excluding diaryl/α,β-unsaturated/α-hetero) is 1. The van der Waals surface area contributed by atoms with Crippen molar-refractivity contribution in [2.75, 3.05) is 39.3 Å². The van der Waals surface area contributed by atoms with E-state index in [-0.39, 0.29) is 17.0 Å². The number of hydrogen-bond donors (Lipinski definition) is 2. The minimum atomic E-state index is -0.140. The Hall–Kier alpha value is -1.20. The molecule has 0 aromatic carbocycles. The molecule has 1 aliphatic carbocycles. The van der Waals surface area contributed by atoms with Gasteiger partial charge in [-0.25, -0.2) is 0 Å². The number of piperazine rings is 1. The van der Waals surface area contributed by atoms with Gasteiger partial charge in [-0.2, -0.15) is 0 Å². The van der Waals surface area contributed by atoms with Crippen LogP contribution >= 0.6 is 0 Å². The van der Waals surface area contributed by atoms with Crippen LogP contribution in [0.4, 0.5) is 0 Å². The van der Waals surface area contributed by atoms with Crippen LogP contribution in [0.1, 0.15) is 26.7 Å². The van der Waals surface area contributed by atoms with Crippen LogP contribution in [-0.4, -0.2) is 61.3 Å². The van der Waals surface area contributed by atoms with Gasteiger partial charge in [0.15, 0.2) is 5.78 Å². The Labute approximate surface area is 120 Å². The van der Waals surface area contributed by atoms with Gasteiger partial charge < -0.3 is 10.4 Å². The number of carbonyl (C=O) groups is 1. The number of carbonyl (C=O) groups excluding carboxylic acids is 1. The molecule has 112 valence electrons. The monoisotopic (exact) mass is 279 g/mol. The summed E-state index contributed by atoms with van der Waals surface area (Å²) in [6.45, 7) is 9.75. The third-order valence-corrected chi connectivity index (χ3v) is 3.87. The van der Waals surface area contributed by atoms with Gasteiger partial charge >= 0.3 is 0 Å². The lowest BCUT2D eigenvalue weighted by molar-refractivity contribution is -0.117. The van der Waals surface area contributed by atoms with E-state index >= 15 is 0 Å². The van der Waals surface area contributed by atoms with Gasteiger partial charge in [0.2, 0.25) is 0 Å². The van der Waals surface area contributed by atoms with Crippen LogP contribution in [-0.2, 0) is 4.79 Å². The largest absolute Gasteiger partial charge is 0.511 e. The molecule has 0 bridgehead atoms. The number of rotatable bonds is 4. The summed E-state index contributed by atoms with van der Waals surface area (Å²) in [5.41, 5.74) is 0.267. The molecular formula is C15H25N3O2. The molecule has 1 heterocycles. The first-order chi connectivity index (χ1) is 9.48. The first-order valence-corrected chi connectivity index (χ1v) is 7.36. The molecule has 2 rings (SSSR count). The fraction of sp³-hybridized carbons (Fsp3) is 0.733. The third-order valence-electron chi connectivity index (χ3n) is 3.87. The van der Waals surface area contributed by atoms with Crippen LogP contribution in [0, 0.1) is 5.41 Å². The van der Waals surface area contributed by atoms with Crippen molar-refractivity contribution in [3.63, 3.8) is 0 Å². The van der Waals surface area contributed by atoms with Gasteiger partial charge in [0.1, 0.15) is 5.76 Å².